The average Bonchev–Trinajstić information content (AvgIpc) is 3.33. The van der Waals surface area contributed by atoms with Crippen molar-refractivity contribution in [2.24, 2.45) is 11.3 Å². The van der Waals surface area contributed by atoms with Gasteiger partial charge in [0.2, 0.25) is 11.8 Å². The van der Waals surface area contributed by atoms with E-state index in [1.807, 2.05) is 43.9 Å². The smallest absolute Gasteiger partial charge is 0.251 e. The van der Waals surface area contributed by atoms with Gasteiger partial charge in [-0.25, -0.2) is 0 Å². The Morgan fingerprint density at radius 3 is 2.35 bits per heavy atom. The maximum atomic E-state index is 13.7. The first-order valence-corrected chi connectivity index (χ1v) is 11.3. The Kier molecular flexibility index (Phi) is 7.04. The Morgan fingerprint density at radius 1 is 1.06 bits per heavy atom. The van der Waals surface area contributed by atoms with Crippen molar-refractivity contribution < 1.29 is 14.4 Å². The molecule has 0 bridgehead atoms. The topological polar surface area (TPSA) is 90.5 Å². The van der Waals surface area contributed by atoms with Gasteiger partial charge < -0.3 is 20.9 Å². The van der Waals surface area contributed by atoms with E-state index in [0.29, 0.717) is 18.0 Å². The van der Waals surface area contributed by atoms with Crippen LogP contribution in [0.15, 0.2) is 30.3 Å². The molecule has 2 fully saturated rings. The highest BCUT2D eigenvalue weighted by molar-refractivity contribution is 5.94. The molecule has 1 unspecified atom stereocenters. The first-order chi connectivity index (χ1) is 14.6. The van der Waals surface area contributed by atoms with Crippen molar-refractivity contribution in [1.82, 2.24) is 20.9 Å². The second-order valence-electron chi connectivity index (χ2n) is 9.91. The van der Waals surface area contributed by atoms with Crippen molar-refractivity contribution >= 4 is 17.7 Å². The molecule has 0 radical (unpaired) electrons. The Morgan fingerprint density at radius 2 is 1.74 bits per heavy atom. The predicted octanol–water partition coefficient (Wildman–Crippen LogP) is 1.93. The van der Waals surface area contributed by atoms with Crippen LogP contribution in [0.25, 0.3) is 0 Å². The SMILES string of the molecule is CN[C@@H](C)C(=O)N[C@H](C(=O)N1CC[C@H]2CCC(NC(=O)c3ccccc3)[C@H]21)C(C)(C)C. The maximum absolute atomic E-state index is 13.7. The van der Waals surface area contributed by atoms with Crippen molar-refractivity contribution in [1.29, 1.82) is 0 Å². The van der Waals surface area contributed by atoms with Crippen LogP contribution < -0.4 is 16.0 Å². The lowest BCUT2D eigenvalue weighted by molar-refractivity contribution is -0.141. The molecule has 3 amide bonds. The molecule has 0 aromatic heterocycles. The largest absolute Gasteiger partial charge is 0.347 e. The lowest BCUT2D eigenvalue weighted by Crippen LogP contribution is -2.60. The summed E-state index contributed by atoms with van der Waals surface area (Å²) in [5, 5.41) is 9.06. The number of carbonyl (C=O) groups excluding carboxylic acids is 3. The van der Waals surface area contributed by atoms with Gasteiger partial charge in [-0.1, -0.05) is 39.0 Å². The number of nitrogens with zero attached hydrogens (tertiary/aromatic N) is 1. The van der Waals surface area contributed by atoms with E-state index >= 15 is 0 Å². The van der Waals surface area contributed by atoms with Gasteiger partial charge >= 0.3 is 0 Å². The molecule has 1 heterocycles. The molecule has 170 valence electrons. The molecule has 1 aliphatic heterocycles. The van der Waals surface area contributed by atoms with Crippen LogP contribution in [0.2, 0.25) is 0 Å². The van der Waals surface area contributed by atoms with Crippen LogP contribution in [0.3, 0.4) is 0 Å². The molecule has 7 heteroatoms. The van der Waals surface area contributed by atoms with E-state index in [4.69, 9.17) is 0 Å². The van der Waals surface area contributed by atoms with E-state index < -0.39 is 11.5 Å². The van der Waals surface area contributed by atoms with E-state index in [2.05, 4.69) is 16.0 Å². The van der Waals surface area contributed by atoms with Crippen LogP contribution in [0, 0.1) is 11.3 Å². The van der Waals surface area contributed by atoms with Gasteiger partial charge in [0.25, 0.3) is 5.91 Å². The zero-order valence-electron chi connectivity index (χ0n) is 19.3. The first kappa shape index (κ1) is 23.3. The fourth-order valence-corrected chi connectivity index (χ4v) is 4.77. The monoisotopic (exact) mass is 428 g/mol. The molecule has 1 aromatic carbocycles. The van der Waals surface area contributed by atoms with Crippen LogP contribution in [-0.2, 0) is 9.59 Å². The van der Waals surface area contributed by atoms with E-state index in [1.165, 1.54) is 0 Å². The van der Waals surface area contributed by atoms with Crippen LogP contribution in [0.1, 0.15) is 57.3 Å². The number of benzene rings is 1. The summed E-state index contributed by atoms with van der Waals surface area (Å²) in [6.07, 6.45) is 2.80. The molecule has 2 aliphatic rings. The second-order valence-corrected chi connectivity index (χ2v) is 9.91. The predicted molar refractivity (Wildman–Crippen MR) is 120 cm³/mol. The van der Waals surface area contributed by atoms with Crippen molar-refractivity contribution in [3.8, 4) is 0 Å². The molecule has 7 nitrogen and oxygen atoms in total. The highest BCUT2D eigenvalue weighted by atomic mass is 16.2. The third kappa shape index (κ3) is 5.09. The minimum Gasteiger partial charge on any atom is -0.347 e. The van der Waals surface area contributed by atoms with Gasteiger partial charge in [0.1, 0.15) is 6.04 Å². The lowest BCUT2D eigenvalue weighted by Gasteiger charge is -2.37. The maximum Gasteiger partial charge on any atom is 0.251 e. The van der Waals surface area contributed by atoms with Gasteiger partial charge in [-0.3, -0.25) is 14.4 Å². The third-order valence-corrected chi connectivity index (χ3v) is 6.71. The van der Waals surface area contributed by atoms with Gasteiger partial charge in [0.15, 0.2) is 0 Å². The fourth-order valence-electron chi connectivity index (χ4n) is 4.77. The fraction of sp³-hybridized carbons (Fsp3) is 0.625. The number of nitrogens with one attached hydrogen (secondary N) is 3. The van der Waals surface area contributed by atoms with Crippen LogP contribution >= 0.6 is 0 Å². The molecule has 5 atom stereocenters. The van der Waals surface area contributed by atoms with Crippen LogP contribution in [-0.4, -0.2) is 60.4 Å². The summed E-state index contributed by atoms with van der Waals surface area (Å²) in [6, 6.07) is 8.08. The van der Waals surface area contributed by atoms with Gasteiger partial charge in [0.05, 0.1) is 12.1 Å². The summed E-state index contributed by atoms with van der Waals surface area (Å²) < 4.78 is 0. The highest BCUT2D eigenvalue weighted by Gasteiger charge is 2.49. The molecule has 1 aromatic rings. The first-order valence-electron chi connectivity index (χ1n) is 11.3. The number of carbonyl (C=O) groups is 3. The normalized spacial score (nSPS) is 24.9. The molecule has 1 aliphatic carbocycles. The lowest BCUT2D eigenvalue weighted by atomic mass is 9.85. The summed E-state index contributed by atoms with van der Waals surface area (Å²) in [5.41, 5.74) is 0.197. The molecule has 1 saturated heterocycles. The molecule has 3 N–H and O–H groups in total. The molecular formula is C24H36N4O3. The quantitative estimate of drug-likeness (QED) is 0.646. The zero-order valence-corrected chi connectivity index (χ0v) is 19.3. The Bertz CT molecular complexity index is 805. The summed E-state index contributed by atoms with van der Waals surface area (Å²) >= 11 is 0. The van der Waals surface area contributed by atoms with Gasteiger partial charge in [-0.15, -0.1) is 0 Å². The number of likely N-dealkylation sites (tertiary alicyclic amines) is 1. The van der Waals surface area contributed by atoms with Crippen molar-refractivity contribution in [3.05, 3.63) is 35.9 Å². The summed E-state index contributed by atoms with van der Waals surface area (Å²) in [7, 11) is 1.72. The molecule has 0 spiro atoms. The number of rotatable bonds is 6. The van der Waals surface area contributed by atoms with Crippen molar-refractivity contribution in [3.63, 3.8) is 0 Å². The van der Waals surface area contributed by atoms with Crippen LogP contribution in [0.5, 0.6) is 0 Å². The van der Waals surface area contributed by atoms with E-state index in [-0.39, 0.29) is 35.8 Å². The highest BCUT2D eigenvalue weighted by Crippen LogP contribution is 2.39. The number of hydrogen-bond donors (Lipinski definition) is 3. The second kappa shape index (κ2) is 9.39. The number of amides is 3. The van der Waals surface area contributed by atoms with Gasteiger partial charge in [0, 0.05) is 18.2 Å². The minimum atomic E-state index is -0.624. The van der Waals surface area contributed by atoms with Crippen LogP contribution in [0.4, 0.5) is 0 Å². The molecule has 31 heavy (non-hydrogen) atoms. The van der Waals surface area contributed by atoms with Gasteiger partial charge in [-0.2, -0.15) is 0 Å². The van der Waals surface area contributed by atoms with E-state index in [9.17, 15) is 14.4 Å². The van der Waals surface area contributed by atoms with Gasteiger partial charge in [-0.05, 0) is 56.7 Å². The van der Waals surface area contributed by atoms with Crippen molar-refractivity contribution in [2.75, 3.05) is 13.6 Å². The average molecular weight is 429 g/mol. The molecule has 3 rings (SSSR count). The zero-order chi connectivity index (χ0) is 22.8. The summed E-state index contributed by atoms with van der Waals surface area (Å²) in [4.78, 5) is 40.8. The number of fused-ring (bicyclic) bond motifs is 1. The van der Waals surface area contributed by atoms with Crippen molar-refractivity contribution in [2.45, 2.75) is 71.1 Å². The molecular weight excluding hydrogens is 392 g/mol. The number of likely N-dealkylation sites (N-methyl/N-ethyl adjacent to an activating group) is 1. The third-order valence-electron chi connectivity index (χ3n) is 6.71. The summed E-state index contributed by atoms with van der Waals surface area (Å²) in [6.45, 7) is 8.34. The Hall–Kier alpha value is -2.41. The minimum absolute atomic E-state index is 0.0244. The standard InChI is InChI=1S/C24H36N4O3/c1-15(25-5)21(29)27-20(24(2,3)4)23(31)28-14-13-16-11-12-18(19(16)28)26-22(30)17-9-7-6-8-10-17/h6-10,15-16,18-20,25H,11-14H2,1-5H3,(H,26,30)(H,27,29)/t15-,16+,18?,19-,20+/m0/s1. The molecule has 1 saturated carbocycles. The number of hydrogen-bond acceptors (Lipinski definition) is 4. The van der Waals surface area contributed by atoms with E-state index in [0.717, 1.165) is 19.3 Å². The summed E-state index contributed by atoms with van der Waals surface area (Å²) in [5.74, 6) is 0.0380. The Balaban J connectivity index is 1.76. The Labute approximate surface area is 185 Å². The van der Waals surface area contributed by atoms with E-state index in [1.54, 1.807) is 26.1 Å².